The van der Waals surface area contributed by atoms with Crippen LogP contribution < -0.4 is 17.0 Å². The van der Waals surface area contributed by atoms with Gasteiger partial charge in [-0.05, 0) is 12.2 Å². The maximum Gasteiger partial charge on any atom is 0.490 e. The van der Waals surface area contributed by atoms with Crippen LogP contribution in [0.15, 0.2) is 11.0 Å². The zero-order chi connectivity index (χ0) is 28.3. The first-order valence-electron chi connectivity index (χ1n) is 9.97. The van der Waals surface area contributed by atoms with Gasteiger partial charge in [0.25, 0.3) is 5.56 Å². The summed E-state index contributed by atoms with van der Waals surface area (Å²) < 4.78 is 59.8. The number of nitrogen functional groups attached to an aromatic ring is 1. The van der Waals surface area contributed by atoms with E-state index in [4.69, 9.17) is 35.3 Å². The van der Waals surface area contributed by atoms with Crippen LogP contribution >= 0.6 is 45.1 Å². The van der Waals surface area contributed by atoms with Crippen molar-refractivity contribution in [1.82, 2.24) is 14.5 Å². The molecule has 38 heavy (non-hydrogen) atoms. The highest BCUT2D eigenvalue weighted by Gasteiger charge is 2.43. The number of anilines is 1. The minimum Gasteiger partial charge on any atom is -0.369 e. The van der Waals surface area contributed by atoms with Gasteiger partial charge in [0, 0.05) is 18.7 Å². The Bertz CT molecular complexity index is 1440. The smallest absolute Gasteiger partial charge is 0.369 e. The minimum absolute atomic E-state index is 0.0906. The fourth-order valence-corrected chi connectivity index (χ4v) is 7.21. The molecule has 2 aromatic rings. The van der Waals surface area contributed by atoms with Crippen LogP contribution in [0, 0.1) is 12.0 Å². The lowest BCUT2D eigenvalue weighted by Crippen LogP contribution is -2.28. The van der Waals surface area contributed by atoms with Gasteiger partial charge in [-0.2, -0.15) is 13.6 Å². The summed E-state index contributed by atoms with van der Waals surface area (Å²) in [4.78, 5) is 55.4. The maximum atomic E-state index is 12.5. The number of aromatic amines is 1. The summed E-state index contributed by atoms with van der Waals surface area (Å²) in [5, 5.41) is 0.0906. The van der Waals surface area contributed by atoms with Crippen molar-refractivity contribution < 1.29 is 55.9 Å². The van der Waals surface area contributed by atoms with Crippen molar-refractivity contribution in [1.29, 1.82) is 0 Å². The molecule has 5 atom stereocenters. The monoisotopic (exact) mass is 637 g/mol. The number of nitrogens with two attached hydrogens (primary N) is 2. The van der Waals surface area contributed by atoms with Gasteiger partial charge in [-0.25, -0.2) is 13.7 Å². The second kappa shape index (κ2) is 12.4. The third-order valence-electron chi connectivity index (χ3n) is 4.66. The molecule has 3 unspecified atom stereocenters. The fraction of sp³-hybridized carbons (Fsp3) is 0.467. The topological polar surface area (TPSA) is 281 Å². The lowest BCUT2D eigenvalue weighted by Gasteiger charge is -2.21. The first-order valence-corrected chi connectivity index (χ1v) is 17.2. The molecule has 3 rings (SSSR count). The summed E-state index contributed by atoms with van der Waals surface area (Å²) in [7, 11) is -13.9. The Balaban J connectivity index is 1.84. The number of hydrogen-bond acceptors (Lipinski definition) is 14. The Hall–Kier alpha value is -1.39. The van der Waals surface area contributed by atoms with Crippen LogP contribution in [-0.4, -0.2) is 65.1 Å². The van der Waals surface area contributed by atoms with Crippen molar-refractivity contribution in [3.05, 3.63) is 22.1 Å². The molecule has 0 saturated carbocycles. The van der Waals surface area contributed by atoms with E-state index in [2.05, 4.69) is 30.6 Å². The number of phosphoric acid groups is 3. The van der Waals surface area contributed by atoms with E-state index in [9.17, 15) is 28.3 Å². The third-order valence-corrected chi connectivity index (χ3v) is 9.93. The molecule has 3 heterocycles. The van der Waals surface area contributed by atoms with Crippen LogP contribution in [0.1, 0.15) is 18.2 Å². The molecule has 0 radical (unpaired) electrons. The number of phosphoric ester groups is 1. The summed E-state index contributed by atoms with van der Waals surface area (Å²) in [6.45, 7) is -0.737. The standard InChI is InChI=1S/C15H22N5O13P3S2/c1-37-38-7-29-9-4-11(20-5-8(2-3-16)12-13(20)18-15(17)19-14(12)21)31-10(9)6-30-35(25,26)33-36(27,28)32-34(22,23)24/h5,9-11H,4,6-7,16H2,1H3,(H,25,26)(H,27,28)(H2,22,23,24)(H3,17,18,19,21)/t9?,10-,11-/m1/s1. The van der Waals surface area contributed by atoms with Crippen molar-refractivity contribution in [2.75, 3.05) is 24.5 Å². The highest BCUT2D eigenvalue weighted by atomic mass is 33.1. The van der Waals surface area contributed by atoms with E-state index < -0.39 is 54.1 Å². The highest BCUT2D eigenvalue weighted by molar-refractivity contribution is 8.76. The summed E-state index contributed by atoms with van der Waals surface area (Å²) in [6.07, 6.45) is 0.663. The average Bonchev–Trinajstić information content (AvgIpc) is 3.31. The molecule has 0 spiro atoms. The summed E-state index contributed by atoms with van der Waals surface area (Å²) in [6, 6.07) is 2.20. The molecule has 9 N–H and O–H groups in total. The fourth-order valence-electron chi connectivity index (χ4n) is 3.40. The summed E-state index contributed by atoms with van der Waals surface area (Å²) in [5.41, 5.74) is 10.8. The van der Waals surface area contributed by atoms with E-state index in [1.54, 1.807) is 0 Å². The summed E-state index contributed by atoms with van der Waals surface area (Å²) in [5.74, 6) is 2.58. The number of ether oxygens (including phenoxy) is 2. The third kappa shape index (κ3) is 8.31. The zero-order valence-corrected chi connectivity index (χ0v) is 23.4. The molecule has 0 aliphatic carbocycles. The molecule has 2 aromatic heterocycles. The highest BCUT2D eigenvalue weighted by Crippen LogP contribution is 2.66. The van der Waals surface area contributed by atoms with E-state index in [-0.39, 0.29) is 34.9 Å². The van der Waals surface area contributed by atoms with E-state index >= 15 is 0 Å². The van der Waals surface area contributed by atoms with Gasteiger partial charge in [0.2, 0.25) is 5.95 Å². The average molecular weight is 637 g/mol. The molecule has 1 fully saturated rings. The largest absolute Gasteiger partial charge is 0.490 e. The Morgan fingerprint density at radius 2 is 1.97 bits per heavy atom. The molecule has 18 nitrogen and oxygen atoms in total. The second-order valence-corrected chi connectivity index (χ2v) is 14.2. The van der Waals surface area contributed by atoms with Crippen molar-refractivity contribution in [2.24, 2.45) is 5.73 Å². The first kappa shape index (κ1) is 31.1. The van der Waals surface area contributed by atoms with Gasteiger partial charge in [-0.1, -0.05) is 21.6 Å². The molecular weight excluding hydrogens is 615 g/mol. The molecular formula is C15H22N5O13P3S2. The number of nitrogens with zero attached hydrogens (tertiary/aromatic N) is 2. The van der Waals surface area contributed by atoms with Gasteiger partial charge < -0.3 is 45.1 Å². The molecule has 212 valence electrons. The maximum absolute atomic E-state index is 12.5. The van der Waals surface area contributed by atoms with Crippen molar-refractivity contribution in [3.8, 4) is 12.0 Å². The number of hydrogen-bond donors (Lipinski definition) is 7. The predicted octanol–water partition coefficient (Wildman–Crippen LogP) is 0.559. The van der Waals surface area contributed by atoms with Crippen LogP contribution in [0.5, 0.6) is 0 Å². The van der Waals surface area contributed by atoms with Crippen molar-refractivity contribution >= 4 is 62.0 Å². The zero-order valence-electron chi connectivity index (χ0n) is 19.1. The lowest BCUT2D eigenvalue weighted by atomic mass is 10.2. The van der Waals surface area contributed by atoms with Crippen molar-refractivity contribution in [3.63, 3.8) is 0 Å². The molecule has 1 aliphatic heterocycles. The number of nitrogens with one attached hydrogen (secondary N) is 1. The van der Waals surface area contributed by atoms with Crippen LogP contribution in [-0.2, 0) is 36.3 Å². The van der Waals surface area contributed by atoms with E-state index in [1.165, 1.54) is 32.4 Å². The first-order chi connectivity index (χ1) is 17.6. The molecule has 0 aromatic carbocycles. The van der Waals surface area contributed by atoms with Crippen LogP contribution in [0.25, 0.3) is 11.0 Å². The Morgan fingerprint density at radius 1 is 1.26 bits per heavy atom. The molecule has 23 heteroatoms. The Kier molecular flexibility index (Phi) is 10.2. The Morgan fingerprint density at radius 3 is 2.61 bits per heavy atom. The molecule has 1 saturated heterocycles. The normalized spacial score (nSPS) is 23.0. The van der Waals surface area contributed by atoms with E-state index in [0.717, 1.165) is 0 Å². The second-order valence-electron chi connectivity index (χ2n) is 7.23. The number of H-pyrrole nitrogens is 1. The van der Waals surface area contributed by atoms with Gasteiger partial charge in [-0.3, -0.25) is 14.3 Å². The Labute approximate surface area is 221 Å². The van der Waals surface area contributed by atoms with Crippen molar-refractivity contribution in [2.45, 2.75) is 24.9 Å². The van der Waals surface area contributed by atoms with Gasteiger partial charge in [0.15, 0.2) is 5.65 Å². The van der Waals surface area contributed by atoms with Crippen LogP contribution in [0.4, 0.5) is 5.95 Å². The SMILES string of the molecule is CSSCOC1C[C@H](n2cc(C#CN)c3c(=O)[nH]c(N)nc32)O[C@@H]1COP(=O)(O)OP(=O)(O)OP(=O)(O)O. The number of fused-ring (bicyclic) bond motifs is 1. The lowest BCUT2D eigenvalue weighted by molar-refractivity contribution is -0.0520. The van der Waals surface area contributed by atoms with Crippen LogP contribution in [0.3, 0.4) is 0 Å². The molecule has 1 aliphatic rings. The number of rotatable bonds is 12. The minimum atomic E-state index is -5.69. The quantitative estimate of drug-likeness (QED) is 0.0418. The summed E-state index contributed by atoms with van der Waals surface area (Å²) >= 11 is 0. The van der Waals surface area contributed by atoms with E-state index in [0.29, 0.717) is 0 Å². The van der Waals surface area contributed by atoms with Gasteiger partial charge in [-0.15, -0.1) is 0 Å². The molecule has 0 bridgehead atoms. The van der Waals surface area contributed by atoms with E-state index in [1.807, 2.05) is 6.26 Å². The number of aromatic nitrogens is 3. The van der Waals surface area contributed by atoms with Gasteiger partial charge in [0.05, 0.1) is 18.3 Å². The molecule has 0 amide bonds. The van der Waals surface area contributed by atoms with Crippen LogP contribution in [0.2, 0.25) is 0 Å². The predicted molar refractivity (Wildman–Crippen MR) is 135 cm³/mol. The van der Waals surface area contributed by atoms with Gasteiger partial charge in [0.1, 0.15) is 23.7 Å². The van der Waals surface area contributed by atoms with Gasteiger partial charge >= 0.3 is 23.5 Å².